The summed E-state index contributed by atoms with van der Waals surface area (Å²) in [6, 6.07) is 5.45. The average molecular weight is 578 g/mol. The van der Waals surface area contributed by atoms with E-state index in [0.717, 1.165) is 36.6 Å². The van der Waals surface area contributed by atoms with E-state index in [4.69, 9.17) is 16.3 Å². The Morgan fingerprint density at radius 3 is 2.59 bits per heavy atom. The van der Waals surface area contributed by atoms with Gasteiger partial charge in [-0.2, -0.15) is 0 Å². The molecule has 3 rings (SSSR count). The topological polar surface area (TPSA) is 86.3 Å². The van der Waals surface area contributed by atoms with Gasteiger partial charge in [0, 0.05) is 56.5 Å². The van der Waals surface area contributed by atoms with Crippen molar-refractivity contribution in [2.75, 3.05) is 51.2 Å². The number of hydrogen-bond donors (Lipinski definition) is 2. The van der Waals surface area contributed by atoms with Crippen molar-refractivity contribution in [3.05, 3.63) is 28.8 Å². The number of halogens is 2. The SMILES string of the molecule is CCNC(=NCCC(=O)Nc1cccc(Cl)c1C)N1CCN(C(=O)C2CCCO2)CC1.I. The minimum absolute atomic E-state index is 0. The minimum atomic E-state index is -0.268. The zero-order valence-corrected chi connectivity index (χ0v) is 21.8. The van der Waals surface area contributed by atoms with Crippen LogP contribution in [0.5, 0.6) is 0 Å². The maximum Gasteiger partial charge on any atom is 0.251 e. The van der Waals surface area contributed by atoms with Crippen LogP contribution in [0.25, 0.3) is 0 Å². The van der Waals surface area contributed by atoms with Crippen LogP contribution in [0, 0.1) is 6.92 Å². The average Bonchev–Trinajstić information content (AvgIpc) is 3.31. The zero-order chi connectivity index (χ0) is 22.2. The van der Waals surface area contributed by atoms with E-state index < -0.39 is 0 Å². The van der Waals surface area contributed by atoms with Crippen molar-refractivity contribution in [3.8, 4) is 0 Å². The van der Waals surface area contributed by atoms with E-state index in [0.29, 0.717) is 44.4 Å². The number of benzene rings is 1. The number of carbonyl (C=O) groups is 2. The highest BCUT2D eigenvalue weighted by Gasteiger charge is 2.30. The van der Waals surface area contributed by atoms with E-state index in [1.54, 1.807) is 6.07 Å². The number of carbonyl (C=O) groups excluding carboxylic acids is 2. The molecule has 2 aliphatic heterocycles. The van der Waals surface area contributed by atoms with Gasteiger partial charge >= 0.3 is 0 Å². The second kappa shape index (κ2) is 13.2. The molecule has 10 heteroatoms. The van der Waals surface area contributed by atoms with E-state index in [1.165, 1.54) is 0 Å². The standard InChI is InChI=1S/C22H32ClN5O3.HI/c1-3-24-22(25-10-9-20(29)26-18-7-4-6-17(23)16(18)2)28-13-11-27(12-14-28)21(30)19-8-5-15-31-19;/h4,6-7,19H,3,5,8-15H2,1-2H3,(H,24,25)(H,26,29);1H. The highest BCUT2D eigenvalue weighted by atomic mass is 127. The molecule has 178 valence electrons. The van der Waals surface area contributed by atoms with Gasteiger partial charge in [-0.15, -0.1) is 24.0 Å². The van der Waals surface area contributed by atoms with Crippen LogP contribution in [0.15, 0.2) is 23.2 Å². The van der Waals surface area contributed by atoms with Crippen LogP contribution in [0.1, 0.15) is 31.7 Å². The third-order valence-electron chi connectivity index (χ3n) is 5.57. The number of rotatable bonds is 6. The second-order valence-corrected chi connectivity index (χ2v) is 8.17. The number of piperazine rings is 1. The molecule has 0 spiro atoms. The fourth-order valence-electron chi connectivity index (χ4n) is 3.76. The molecule has 2 N–H and O–H groups in total. The fraction of sp³-hybridized carbons (Fsp3) is 0.591. The predicted molar refractivity (Wildman–Crippen MR) is 138 cm³/mol. The van der Waals surface area contributed by atoms with Gasteiger partial charge in [-0.05, 0) is 44.4 Å². The summed E-state index contributed by atoms with van der Waals surface area (Å²) >= 11 is 6.11. The number of nitrogens with one attached hydrogen (secondary N) is 2. The maximum atomic E-state index is 12.5. The number of guanidine groups is 1. The zero-order valence-electron chi connectivity index (χ0n) is 18.7. The highest BCUT2D eigenvalue weighted by molar-refractivity contribution is 14.0. The third kappa shape index (κ3) is 7.21. The van der Waals surface area contributed by atoms with Crippen LogP contribution in [-0.4, -0.2) is 79.6 Å². The summed E-state index contributed by atoms with van der Waals surface area (Å²) in [4.78, 5) is 33.5. The number of ether oxygens (including phenoxy) is 1. The highest BCUT2D eigenvalue weighted by Crippen LogP contribution is 2.23. The molecule has 1 aromatic rings. The Morgan fingerprint density at radius 2 is 1.94 bits per heavy atom. The largest absolute Gasteiger partial charge is 0.368 e. The Morgan fingerprint density at radius 1 is 1.22 bits per heavy atom. The minimum Gasteiger partial charge on any atom is -0.368 e. The van der Waals surface area contributed by atoms with Gasteiger partial charge in [0.05, 0.1) is 6.54 Å². The van der Waals surface area contributed by atoms with Gasteiger partial charge in [0.25, 0.3) is 5.91 Å². The summed E-state index contributed by atoms with van der Waals surface area (Å²) < 4.78 is 5.53. The van der Waals surface area contributed by atoms with E-state index in [-0.39, 0.29) is 48.3 Å². The maximum absolute atomic E-state index is 12.5. The van der Waals surface area contributed by atoms with Crippen LogP contribution in [0.4, 0.5) is 5.69 Å². The van der Waals surface area contributed by atoms with Gasteiger partial charge in [0.15, 0.2) is 5.96 Å². The van der Waals surface area contributed by atoms with E-state index in [1.807, 2.05) is 30.9 Å². The summed E-state index contributed by atoms with van der Waals surface area (Å²) in [5.41, 5.74) is 1.57. The monoisotopic (exact) mass is 577 g/mol. The van der Waals surface area contributed by atoms with Crippen LogP contribution in [0.3, 0.4) is 0 Å². The normalized spacial score (nSPS) is 18.8. The summed E-state index contributed by atoms with van der Waals surface area (Å²) in [6.45, 7) is 8.40. The van der Waals surface area contributed by atoms with Gasteiger partial charge in [-0.25, -0.2) is 0 Å². The van der Waals surface area contributed by atoms with E-state index in [9.17, 15) is 9.59 Å². The van der Waals surface area contributed by atoms with Crippen molar-refractivity contribution in [2.24, 2.45) is 4.99 Å². The van der Waals surface area contributed by atoms with E-state index >= 15 is 0 Å². The predicted octanol–water partition coefficient (Wildman–Crippen LogP) is 2.88. The Kier molecular flexibility index (Phi) is 11.0. The molecule has 2 fully saturated rings. The lowest BCUT2D eigenvalue weighted by molar-refractivity contribution is -0.142. The van der Waals surface area contributed by atoms with Crippen LogP contribution < -0.4 is 10.6 Å². The number of anilines is 1. The Labute approximate surface area is 212 Å². The summed E-state index contributed by atoms with van der Waals surface area (Å²) in [6.07, 6.45) is 1.78. The van der Waals surface area contributed by atoms with Crippen LogP contribution >= 0.6 is 35.6 Å². The summed E-state index contributed by atoms with van der Waals surface area (Å²) in [7, 11) is 0. The Bertz CT molecular complexity index is 809. The van der Waals surface area contributed by atoms with Crippen molar-refractivity contribution < 1.29 is 14.3 Å². The Hall–Kier alpha value is -1.59. The molecule has 8 nitrogen and oxygen atoms in total. The lowest BCUT2D eigenvalue weighted by Crippen LogP contribution is -2.55. The summed E-state index contributed by atoms with van der Waals surface area (Å²) in [5, 5.41) is 6.82. The molecule has 0 aliphatic carbocycles. The second-order valence-electron chi connectivity index (χ2n) is 7.76. The molecule has 0 bridgehead atoms. The molecule has 2 heterocycles. The Balaban J connectivity index is 0.00000363. The van der Waals surface area contributed by atoms with Crippen molar-refractivity contribution in [2.45, 2.75) is 39.2 Å². The van der Waals surface area contributed by atoms with Gasteiger partial charge in [0.1, 0.15) is 6.10 Å². The van der Waals surface area contributed by atoms with Gasteiger partial charge in [-0.1, -0.05) is 17.7 Å². The van der Waals surface area contributed by atoms with Crippen molar-refractivity contribution in [1.29, 1.82) is 0 Å². The third-order valence-corrected chi connectivity index (χ3v) is 5.98. The smallest absolute Gasteiger partial charge is 0.251 e. The number of aliphatic imine (C=N–C) groups is 1. The van der Waals surface area contributed by atoms with Crippen molar-refractivity contribution >= 4 is 59.0 Å². The molecule has 1 atom stereocenters. The van der Waals surface area contributed by atoms with Crippen LogP contribution in [0.2, 0.25) is 5.02 Å². The van der Waals surface area contributed by atoms with Gasteiger partial charge in [0.2, 0.25) is 5.91 Å². The first-order chi connectivity index (χ1) is 15.0. The lowest BCUT2D eigenvalue weighted by atomic mass is 10.2. The first-order valence-electron chi connectivity index (χ1n) is 11.0. The molecule has 32 heavy (non-hydrogen) atoms. The first kappa shape index (κ1) is 26.7. The molecule has 2 amide bonds. The van der Waals surface area contributed by atoms with Crippen molar-refractivity contribution in [3.63, 3.8) is 0 Å². The molecule has 1 aromatic carbocycles. The van der Waals surface area contributed by atoms with Crippen LogP contribution in [-0.2, 0) is 14.3 Å². The first-order valence-corrected chi connectivity index (χ1v) is 11.4. The molecular formula is C22H33ClIN5O3. The summed E-state index contributed by atoms with van der Waals surface area (Å²) in [5.74, 6) is 0.780. The van der Waals surface area contributed by atoms with Gasteiger partial charge in [-0.3, -0.25) is 14.6 Å². The lowest BCUT2D eigenvalue weighted by Gasteiger charge is -2.37. The van der Waals surface area contributed by atoms with Crippen molar-refractivity contribution in [1.82, 2.24) is 15.1 Å². The molecule has 2 aliphatic rings. The molecule has 1 unspecified atom stereocenters. The van der Waals surface area contributed by atoms with Gasteiger partial charge < -0.3 is 25.2 Å². The molecule has 0 aromatic heterocycles. The fourth-order valence-corrected chi connectivity index (χ4v) is 3.93. The molecule has 0 saturated carbocycles. The van der Waals surface area contributed by atoms with E-state index in [2.05, 4.69) is 20.5 Å². The molecule has 2 saturated heterocycles. The number of amides is 2. The number of hydrogen-bond acceptors (Lipinski definition) is 4. The molecule has 0 radical (unpaired) electrons. The number of nitrogens with zero attached hydrogens (tertiary/aromatic N) is 3. The quantitative estimate of drug-likeness (QED) is 0.309. The molecular weight excluding hydrogens is 545 g/mol.